The lowest BCUT2D eigenvalue weighted by atomic mass is 9.92. The lowest BCUT2D eigenvalue weighted by Crippen LogP contribution is -2.31. The second-order valence-corrected chi connectivity index (χ2v) is 7.24. The summed E-state index contributed by atoms with van der Waals surface area (Å²) in [6.07, 6.45) is 2.72. The Balaban J connectivity index is 1.81. The van der Waals surface area contributed by atoms with Crippen LogP contribution in [0.4, 0.5) is 11.4 Å². The molecule has 0 heterocycles. The summed E-state index contributed by atoms with van der Waals surface area (Å²) in [4.78, 5) is 23.6. The molecule has 148 valence electrons. The van der Waals surface area contributed by atoms with E-state index in [2.05, 4.69) is 10.6 Å². The van der Waals surface area contributed by atoms with Crippen molar-refractivity contribution < 1.29 is 14.8 Å². The zero-order chi connectivity index (χ0) is 20.1. The molecule has 0 aromatic heterocycles. The molecule has 2 aromatic rings. The Hall–Kier alpha value is -2.93. The van der Waals surface area contributed by atoms with Crippen molar-refractivity contribution in [1.82, 2.24) is 5.32 Å². The minimum Gasteiger partial charge on any atom is -0.393 e. The summed E-state index contributed by atoms with van der Waals surface area (Å²) in [5.74, 6) is -0.363. The van der Waals surface area contributed by atoms with Crippen molar-refractivity contribution in [1.29, 1.82) is 0 Å². The molecule has 0 unspecified atom stereocenters. The first kappa shape index (κ1) is 19.8. The molecule has 7 nitrogen and oxygen atoms in total. The van der Waals surface area contributed by atoms with Gasteiger partial charge in [-0.25, -0.2) is 0 Å². The van der Waals surface area contributed by atoms with Crippen LogP contribution in [0.2, 0.25) is 0 Å². The topological polar surface area (TPSA) is 104 Å². The molecule has 1 fully saturated rings. The molecule has 0 radical (unpaired) electrons. The van der Waals surface area contributed by atoms with Gasteiger partial charge in [-0.3, -0.25) is 14.9 Å². The quantitative estimate of drug-likeness (QED) is 0.520. The number of amides is 1. The Morgan fingerprint density at radius 3 is 2.46 bits per heavy atom. The molecule has 1 atom stereocenters. The van der Waals surface area contributed by atoms with Crippen LogP contribution >= 0.6 is 0 Å². The largest absolute Gasteiger partial charge is 0.393 e. The zero-order valence-corrected chi connectivity index (χ0v) is 15.8. The number of benzene rings is 2. The van der Waals surface area contributed by atoms with E-state index >= 15 is 0 Å². The molecule has 0 aliphatic heterocycles. The molecule has 0 bridgehead atoms. The minimum atomic E-state index is -0.502. The number of non-ortho nitro benzene ring substituents is 1. The van der Waals surface area contributed by atoms with Gasteiger partial charge in [0.15, 0.2) is 0 Å². The van der Waals surface area contributed by atoms with Crippen LogP contribution < -0.4 is 10.6 Å². The molecular formula is C21H25N3O4. The number of nitrogens with one attached hydrogen (secondary N) is 2. The fourth-order valence-electron chi connectivity index (χ4n) is 3.50. The van der Waals surface area contributed by atoms with Crippen molar-refractivity contribution in [2.24, 2.45) is 0 Å². The van der Waals surface area contributed by atoms with Crippen molar-refractivity contribution in [3.05, 3.63) is 69.8 Å². The number of anilines is 1. The van der Waals surface area contributed by atoms with E-state index in [4.69, 9.17) is 0 Å². The zero-order valence-electron chi connectivity index (χ0n) is 15.8. The third-order valence-electron chi connectivity index (χ3n) is 5.16. The first-order chi connectivity index (χ1) is 13.4. The highest BCUT2D eigenvalue weighted by Crippen LogP contribution is 2.27. The molecule has 2 aromatic carbocycles. The van der Waals surface area contributed by atoms with E-state index < -0.39 is 4.92 Å². The van der Waals surface area contributed by atoms with Gasteiger partial charge in [0.2, 0.25) is 0 Å². The molecule has 1 amide bonds. The molecule has 0 saturated heterocycles. The fraction of sp³-hybridized carbons (Fsp3) is 0.381. The van der Waals surface area contributed by atoms with Crippen LogP contribution in [0.25, 0.3) is 0 Å². The van der Waals surface area contributed by atoms with Crippen LogP contribution in [0.3, 0.4) is 0 Å². The van der Waals surface area contributed by atoms with Gasteiger partial charge in [-0.05, 0) is 44.2 Å². The van der Waals surface area contributed by atoms with Gasteiger partial charge < -0.3 is 15.7 Å². The van der Waals surface area contributed by atoms with Crippen LogP contribution in [0.15, 0.2) is 48.5 Å². The van der Waals surface area contributed by atoms with Gasteiger partial charge in [-0.1, -0.05) is 30.3 Å². The Labute approximate surface area is 163 Å². The summed E-state index contributed by atoms with van der Waals surface area (Å²) >= 11 is 0. The number of nitro benzene ring substituents is 1. The second kappa shape index (κ2) is 8.84. The Kier molecular flexibility index (Phi) is 6.26. The van der Waals surface area contributed by atoms with Crippen molar-refractivity contribution in [2.45, 2.75) is 50.8 Å². The Bertz CT molecular complexity index is 833. The van der Waals surface area contributed by atoms with Crippen molar-refractivity contribution in [3.8, 4) is 0 Å². The summed E-state index contributed by atoms with van der Waals surface area (Å²) < 4.78 is 0. The van der Waals surface area contributed by atoms with E-state index in [1.807, 2.05) is 37.3 Å². The average Bonchev–Trinajstić information content (AvgIpc) is 2.70. The molecular weight excluding hydrogens is 358 g/mol. The summed E-state index contributed by atoms with van der Waals surface area (Å²) in [7, 11) is 0. The second-order valence-electron chi connectivity index (χ2n) is 7.24. The van der Waals surface area contributed by atoms with Crippen LogP contribution in [-0.4, -0.2) is 28.1 Å². The van der Waals surface area contributed by atoms with Crippen LogP contribution in [0.1, 0.15) is 54.6 Å². The first-order valence-electron chi connectivity index (χ1n) is 9.53. The normalized spacial score (nSPS) is 20.2. The van der Waals surface area contributed by atoms with E-state index in [1.54, 1.807) is 6.07 Å². The number of carbonyl (C=O) groups excluding carboxylic acids is 1. The number of aliphatic hydroxyl groups excluding tert-OH is 1. The molecule has 3 rings (SSSR count). The summed E-state index contributed by atoms with van der Waals surface area (Å²) in [5, 5.41) is 27.1. The average molecular weight is 383 g/mol. The number of nitrogens with zero attached hydrogens (tertiary/aromatic N) is 1. The van der Waals surface area contributed by atoms with E-state index in [0.29, 0.717) is 18.5 Å². The number of aliphatic hydroxyl groups is 1. The summed E-state index contributed by atoms with van der Waals surface area (Å²) in [6.45, 7) is 1.88. The third kappa shape index (κ3) is 4.86. The van der Waals surface area contributed by atoms with E-state index in [1.165, 1.54) is 12.1 Å². The van der Waals surface area contributed by atoms with Gasteiger partial charge in [-0.2, -0.15) is 0 Å². The van der Waals surface area contributed by atoms with Gasteiger partial charge >= 0.3 is 0 Å². The fourth-order valence-corrected chi connectivity index (χ4v) is 3.50. The maximum absolute atomic E-state index is 12.9. The highest BCUT2D eigenvalue weighted by Gasteiger charge is 2.23. The Morgan fingerprint density at radius 2 is 1.82 bits per heavy atom. The number of nitro groups is 1. The monoisotopic (exact) mass is 383 g/mol. The molecule has 3 N–H and O–H groups in total. The van der Waals surface area contributed by atoms with Gasteiger partial charge in [0.25, 0.3) is 11.6 Å². The van der Waals surface area contributed by atoms with Crippen LogP contribution in [-0.2, 0) is 0 Å². The highest BCUT2D eigenvalue weighted by atomic mass is 16.6. The van der Waals surface area contributed by atoms with E-state index in [-0.39, 0.29) is 35.3 Å². The van der Waals surface area contributed by atoms with Crippen LogP contribution in [0.5, 0.6) is 0 Å². The van der Waals surface area contributed by atoms with Crippen LogP contribution in [0, 0.1) is 10.1 Å². The van der Waals surface area contributed by atoms with Gasteiger partial charge in [0.05, 0.1) is 22.6 Å². The van der Waals surface area contributed by atoms with Gasteiger partial charge in [-0.15, -0.1) is 0 Å². The minimum absolute atomic E-state index is 0.123. The predicted octanol–water partition coefficient (Wildman–Crippen LogP) is 3.80. The lowest BCUT2D eigenvalue weighted by Gasteiger charge is -2.28. The van der Waals surface area contributed by atoms with Crippen molar-refractivity contribution in [2.75, 3.05) is 5.32 Å². The molecule has 1 saturated carbocycles. The summed E-state index contributed by atoms with van der Waals surface area (Å²) in [5.41, 5.74) is 1.66. The van der Waals surface area contributed by atoms with Crippen molar-refractivity contribution in [3.63, 3.8) is 0 Å². The maximum Gasteiger partial charge on any atom is 0.270 e. The molecule has 7 heteroatoms. The molecule has 28 heavy (non-hydrogen) atoms. The molecule has 0 spiro atoms. The first-order valence-corrected chi connectivity index (χ1v) is 9.53. The number of hydrogen-bond donors (Lipinski definition) is 3. The molecule has 1 aliphatic rings. The number of carbonyl (C=O) groups is 1. The van der Waals surface area contributed by atoms with Gasteiger partial charge in [0, 0.05) is 23.9 Å². The number of hydrogen-bond acceptors (Lipinski definition) is 5. The maximum atomic E-state index is 12.9. The predicted molar refractivity (Wildman–Crippen MR) is 107 cm³/mol. The third-order valence-corrected chi connectivity index (χ3v) is 5.16. The Morgan fingerprint density at radius 1 is 1.14 bits per heavy atom. The lowest BCUT2D eigenvalue weighted by molar-refractivity contribution is -0.384. The van der Waals surface area contributed by atoms with E-state index in [9.17, 15) is 20.0 Å². The smallest absolute Gasteiger partial charge is 0.270 e. The van der Waals surface area contributed by atoms with Crippen molar-refractivity contribution >= 4 is 17.3 Å². The SMILES string of the molecule is C[C@H](NC(=O)c1cc([N+](=O)[O-])ccc1N[C@H]1CC[C@@H](O)CC1)c1ccccc1. The standard InChI is InChI=1S/C21H25N3O4/c1-14(15-5-3-2-4-6-15)22-21(26)19-13-17(24(27)28)9-12-20(19)23-16-7-10-18(25)11-8-16/h2-6,9,12-14,16,18,23,25H,7-8,10-11H2,1H3,(H,22,26)/t14-,16-,18+/m0/s1. The van der Waals surface area contributed by atoms with Gasteiger partial charge in [0.1, 0.15) is 0 Å². The number of rotatable bonds is 6. The highest BCUT2D eigenvalue weighted by molar-refractivity contribution is 6.00. The summed E-state index contributed by atoms with van der Waals surface area (Å²) in [6, 6.07) is 13.7. The molecule has 1 aliphatic carbocycles. The van der Waals surface area contributed by atoms with E-state index in [0.717, 1.165) is 18.4 Å².